The average Bonchev–Trinajstić information content (AvgIpc) is 3.01. The summed E-state index contributed by atoms with van der Waals surface area (Å²) in [5.74, 6) is 0.221. The van der Waals surface area contributed by atoms with E-state index in [1.807, 2.05) is 0 Å². The van der Waals surface area contributed by atoms with E-state index in [0.29, 0.717) is 12.5 Å². The minimum Gasteiger partial charge on any atom is -0.356 e. The molecule has 1 atom stereocenters. The van der Waals surface area contributed by atoms with Gasteiger partial charge in [0.2, 0.25) is 5.91 Å². The highest BCUT2D eigenvalue weighted by Gasteiger charge is 2.20. The van der Waals surface area contributed by atoms with E-state index >= 15 is 0 Å². The predicted octanol–water partition coefficient (Wildman–Crippen LogP) is 2.77. The molecule has 1 fully saturated rings. The van der Waals surface area contributed by atoms with Crippen LogP contribution in [0.5, 0.6) is 0 Å². The molecule has 4 heteroatoms. The number of amides is 1. The fourth-order valence-corrected chi connectivity index (χ4v) is 3.99. The topological polar surface area (TPSA) is 35.6 Å². The minimum atomic E-state index is 0.221. The Morgan fingerprint density at radius 1 is 1.21 bits per heavy atom. The third kappa shape index (κ3) is 4.81. The zero-order valence-corrected chi connectivity index (χ0v) is 15.0. The zero-order valence-electron chi connectivity index (χ0n) is 15.0. The predicted molar refractivity (Wildman–Crippen MR) is 97.7 cm³/mol. The van der Waals surface area contributed by atoms with Crippen molar-refractivity contribution >= 4 is 5.91 Å². The molecule has 0 spiro atoms. The number of piperidine rings is 1. The lowest BCUT2D eigenvalue weighted by Crippen LogP contribution is -2.37. The fourth-order valence-electron chi connectivity index (χ4n) is 3.99. The molecule has 3 rings (SSSR count). The van der Waals surface area contributed by atoms with Gasteiger partial charge in [-0.25, -0.2) is 0 Å². The van der Waals surface area contributed by atoms with Crippen LogP contribution in [0, 0.1) is 0 Å². The first-order valence-corrected chi connectivity index (χ1v) is 9.48. The molecule has 0 unspecified atom stereocenters. The van der Waals surface area contributed by atoms with Gasteiger partial charge in [0, 0.05) is 38.6 Å². The lowest BCUT2D eigenvalue weighted by molar-refractivity contribution is -0.121. The van der Waals surface area contributed by atoms with Gasteiger partial charge in [0.25, 0.3) is 0 Å². The van der Waals surface area contributed by atoms with Crippen LogP contribution in [-0.2, 0) is 17.9 Å². The number of nitrogens with one attached hydrogen (secondary N) is 1. The zero-order chi connectivity index (χ0) is 16.8. The Labute approximate surface area is 146 Å². The SMILES string of the molecule is CN1CCCC[C@H]1CCC(=O)NCCCN1Cc2ccccc2C1. The number of carbonyl (C=O) groups excluding carboxylic acids is 1. The summed E-state index contributed by atoms with van der Waals surface area (Å²) in [6, 6.07) is 9.28. The summed E-state index contributed by atoms with van der Waals surface area (Å²) >= 11 is 0. The first-order valence-electron chi connectivity index (χ1n) is 9.48. The van der Waals surface area contributed by atoms with Gasteiger partial charge in [-0.2, -0.15) is 0 Å². The van der Waals surface area contributed by atoms with E-state index in [2.05, 4.69) is 46.4 Å². The maximum Gasteiger partial charge on any atom is 0.220 e. The molecule has 0 bridgehead atoms. The van der Waals surface area contributed by atoms with Crippen LogP contribution in [-0.4, -0.2) is 48.4 Å². The summed E-state index contributed by atoms with van der Waals surface area (Å²) in [4.78, 5) is 16.9. The number of hydrogen-bond acceptors (Lipinski definition) is 3. The van der Waals surface area contributed by atoms with Crippen molar-refractivity contribution in [3.8, 4) is 0 Å². The number of likely N-dealkylation sites (tertiary alicyclic amines) is 1. The first kappa shape index (κ1) is 17.4. The lowest BCUT2D eigenvalue weighted by Gasteiger charge is -2.32. The van der Waals surface area contributed by atoms with Crippen molar-refractivity contribution in [1.29, 1.82) is 0 Å². The second-order valence-electron chi connectivity index (χ2n) is 7.35. The number of fused-ring (bicyclic) bond motifs is 1. The molecule has 0 saturated carbocycles. The van der Waals surface area contributed by atoms with E-state index in [-0.39, 0.29) is 5.91 Å². The number of nitrogens with zero attached hydrogens (tertiary/aromatic N) is 2. The van der Waals surface area contributed by atoms with E-state index in [1.165, 1.54) is 36.9 Å². The van der Waals surface area contributed by atoms with Crippen LogP contribution in [0.4, 0.5) is 0 Å². The van der Waals surface area contributed by atoms with Crippen molar-refractivity contribution in [3.05, 3.63) is 35.4 Å². The van der Waals surface area contributed by atoms with Gasteiger partial charge in [0.05, 0.1) is 0 Å². The largest absolute Gasteiger partial charge is 0.356 e. The van der Waals surface area contributed by atoms with Crippen molar-refractivity contribution < 1.29 is 4.79 Å². The number of benzene rings is 1. The van der Waals surface area contributed by atoms with Gasteiger partial charge in [0.1, 0.15) is 0 Å². The summed E-state index contributed by atoms with van der Waals surface area (Å²) < 4.78 is 0. The van der Waals surface area contributed by atoms with Crippen molar-refractivity contribution in [2.45, 2.75) is 57.7 Å². The Hall–Kier alpha value is -1.39. The molecule has 1 amide bonds. The fraction of sp³-hybridized carbons (Fsp3) is 0.650. The normalized spacial score (nSPS) is 21.6. The van der Waals surface area contributed by atoms with E-state index in [9.17, 15) is 4.79 Å². The smallest absolute Gasteiger partial charge is 0.220 e. The third-order valence-corrected chi connectivity index (χ3v) is 5.51. The van der Waals surface area contributed by atoms with Crippen LogP contribution >= 0.6 is 0 Å². The molecule has 1 aromatic rings. The lowest BCUT2D eigenvalue weighted by atomic mass is 9.98. The molecule has 4 nitrogen and oxygen atoms in total. The summed E-state index contributed by atoms with van der Waals surface area (Å²) in [7, 11) is 2.19. The quantitative estimate of drug-likeness (QED) is 0.781. The monoisotopic (exact) mass is 329 g/mol. The van der Waals surface area contributed by atoms with Gasteiger partial charge < -0.3 is 10.2 Å². The molecule has 0 radical (unpaired) electrons. The van der Waals surface area contributed by atoms with Gasteiger partial charge in [-0.3, -0.25) is 9.69 Å². The van der Waals surface area contributed by atoms with Gasteiger partial charge in [-0.15, -0.1) is 0 Å². The van der Waals surface area contributed by atoms with Crippen molar-refractivity contribution in [3.63, 3.8) is 0 Å². The Bertz CT molecular complexity index is 520. The van der Waals surface area contributed by atoms with Crippen molar-refractivity contribution in [2.24, 2.45) is 0 Å². The second kappa shape index (κ2) is 8.63. The van der Waals surface area contributed by atoms with E-state index in [0.717, 1.165) is 39.0 Å². The summed E-state index contributed by atoms with van der Waals surface area (Å²) in [6.45, 7) is 5.15. The Morgan fingerprint density at radius 2 is 1.96 bits per heavy atom. The molecule has 0 aromatic heterocycles. The highest BCUT2D eigenvalue weighted by molar-refractivity contribution is 5.75. The molecule has 1 saturated heterocycles. The van der Waals surface area contributed by atoms with E-state index < -0.39 is 0 Å². The van der Waals surface area contributed by atoms with Crippen LogP contribution in [0.2, 0.25) is 0 Å². The number of rotatable bonds is 7. The molecule has 0 aliphatic carbocycles. The summed E-state index contributed by atoms with van der Waals surface area (Å²) in [6.07, 6.45) is 6.57. The highest BCUT2D eigenvalue weighted by Crippen LogP contribution is 2.22. The standard InChI is InChI=1S/C20H31N3O/c1-22-13-5-4-9-19(22)10-11-20(24)21-12-6-14-23-15-17-7-2-3-8-18(17)16-23/h2-3,7-8,19H,4-6,9-16H2,1H3,(H,21,24)/t19-/m0/s1. The summed E-state index contributed by atoms with van der Waals surface area (Å²) in [5.41, 5.74) is 2.91. The van der Waals surface area contributed by atoms with Crippen LogP contribution in [0.3, 0.4) is 0 Å². The Morgan fingerprint density at radius 3 is 2.67 bits per heavy atom. The van der Waals surface area contributed by atoms with Gasteiger partial charge in [0.15, 0.2) is 0 Å². The maximum absolute atomic E-state index is 12.0. The molecule has 2 aliphatic heterocycles. The molecular weight excluding hydrogens is 298 g/mol. The third-order valence-electron chi connectivity index (χ3n) is 5.51. The van der Waals surface area contributed by atoms with Gasteiger partial charge in [-0.05, 0) is 50.4 Å². The van der Waals surface area contributed by atoms with Crippen molar-refractivity contribution in [2.75, 3.05) is 26.7 Å². The molecule has 1 aromatic carbocycles. The van der Waals surface area contributed by atoms with Gasteiger partial charge >= 0.3 is 0 Å². The minimum absolute atomic E-state index is 0.221. The molecule has 2 aliphatic rings. The van der Waals surface area contributed by atoms with Gasteiger partial charge in [-0.1, -0.05) is 30.7 Å². The highest BCUT2D eigenvalue weighted by atomic mass is 16.1. The van der Waals surface area contributed by atoms with Crippen LogP contribution in [0.15, 0.2) is 24.3 Å². The number of carbonyl (C=O) groups is 1. The van der Waals surface area contributed by atoms with Crippen LogP contribution < -0.4 is 5.32 Å². The maximum atomic E-state index is 12.0. The second-order valence-corrected chi connectivity index (χ2v) is 7.35. The Balaban J connectivity index is 1.26. The first-order chi connectivity index (χ1) is 11.7. The molecule has 2 heterocycles. The Kier molecular flexibility index (Phi) is 6.27. The molecule has 24 heavy (non-hydrogen) atoms. The van der Waals surface area contributed by atoms with Crippen LogP contribution in [0.25, 0.3) is 0 Å². The molecule has 132 valence electrons. The average molecular weight is 329 g/mol. The summed E-state index contributed by atoms with van der Waals surface area (Å²) in [5, 5.41) is 3.10. The van der Waals surface area contributed by atoms with E-state index in [1.54, 1.807) is 0 Å². The van der Waals surface area contributed by atoms with Crippen molar-refractivity contribution in [1.82, 2.24) is 15.1 Å². The number of hydrogen-bond donors (Lipinski definition) is 1. The molecule has 1 N–H and O–H groups in total. The molecular formula is C20H31N3O. The van der Waals surface area contributed by atoms with Crippen LogP contribution in [0.1, 0.15) is 49.7 Å². The van der Waals surface area contributed by atoms with E-state index in [4.69, 9.17) is 0 Å².